The second-order valence-corrected chi connectivity index (χ2v) is 13.5. The normalized spacial score (nSPS) is 19.5. The molecule has 0 radical (unpaired) electrons. The number of fused-ring (bicyclic) bond motifs is 16. The van der Waals surface area contributed by atoms with E-state index in [-0.39, 0.29) is 25.7 Å². The van der Waals surface area contributed by atoms with Gasteiger partial charge in [-0.2, -0.15) is 0 Å². The summed E-state index contributed by atoms with van der Waals surface area (Å²) in [6.07, 6.45) is 7.17. The fraction of sp³-hybridized carbons (Fsp3) is 0.233. The maximum absolute atomic E-state index is 14.3. The number of hydrogen-bond acceptors (Lipinski definition) is 8. The van der Waals surface area contributed by atoms with Gasteiger partial charge in [0.1, 0.15) is 29.9 Å². The van der Waals surface area contributed by atoms with Crippen LogP contribution in [-0.4, -0.2) is 75.4 Å². The van der Waals surface area contributed by atoms with Gasteiger partial charge in [-0.3, -0.25) is 29.1 Å². The zero-order valence-corrected chi connectivity index (χ0v) is 30.5. The molecule has 286 valence electrons. The van der Waals surface area contributed by atoms with Gasteiger partial charge in [0, 0.05) is 44.0 Å². The summed E-state index contributed by atoms with van der Waals surface area (Å²) in [6, 6.07) is 25.7. The Morgan fingerprint density at radius 1 is 0.625 bits per heavy atom. The number of pyridine rings is 2. The molecule has 4 amide bonds. The number of hydrogen-bond donors (Lipinski definition) is 5. The van der Waals surface area contributed by atoms with Crippen LogP contribution in [0.1, 0.15) is 28.7 Å². The van der Waals surface area contributed by atoms with Gasteiger partial charge >= 0.3 is 5.97 Å². The van der Waals surface area contributed by atoms with E-state index in [1.165, 1.54) is 0 Å². The summed E-state index contributed by atoms with van der Waals surface area (Å²) in [7, 11) is 0. The van der Waals surface area contributed by atoms with E-state index >= 15 is 0 Å². The third-order valence-corrected chi connectivity index (χ3v) is 9.41. The number of aryl methyl sites for hydroxylation is 1. The number of aliphatic carboxylic acids is 1. The van der Waals surface area contributed by atoms with Crippen LogP contribution in [0.3, 0.4) is 0 Å². The molecule has 4 atom stereocenters. The van der Waals surface area contributed by atoms with Gasteiger partial charge < -0.3 is 31.1 Å². The number of carbonyl (C=O) groups is 5. The third kappa shape index (κ3) is 11.1. The van der Waals surface area contributed by atoms with Crippen LogP contribution in [0.2, 0.25) is 0 Å². The average molecular weight is 755 g/mol. The van der Waals surface area contributed by atoms with Crippen molar-refractivity contribution in [3.8, 4) is 16.9 Å². The van der Waals surface area contributed by atoms with Crippen molar-refractivity contribution in [3.63, 3.8) is 0 Å². The molecular formula is C43H42N6O7. The molecule has 2 bridgehead atoms. The van der Waals surface area contributed by atoms with Crippen LogP contribution < -0.4 is 26.0 Å². The Morgan fingerprint density at radius 3 is 1.93 bits per heavy atom. The van der Waals surface area contributed by atoms with Crippen LogP contribution in [0, 0.1) is 0 Å². The lowest BCUT2D eigenvalue weighted by Gasteiger charge is -2.26. The first kappa shape index (κ1) is 38.8. The summed E-state index contributed by atoms with van der Waals surface area (Å²) in [4.78, 5) is 76.3. The Morgan fingerprint density at radius 2 is 1.27 bits per heavy atom. The lowest BCUT2D eigenvalue weighted by molar-refractivity contribution is -0.142. The van der Waals surface area contributed by atoms with Crippen molar-refractivity contribution in [2.45, 2.75) is 56.3 Å². The maximum atomic E-state index is 14.3. The first-order valence-electron chi connectivity index (χ1n) is 18.3. The Labute approximate surface area is 323 Å². The summed E-state index contributed by atoms with van der Waals surface area (Å²) < 4.78 is 5.69. The number of nitrogens with one attached hydrogen (secondary N) is 4. The van der Waals surface area contributed by atoms with Gasteiger partial charge in [-0.1, -0.05) is 72.8 Å². The lowest BCUT2D eigenvalue weighted by Crippen LogP contribution is -2.59. The van der Waals surface area contributed by atoms with Crippen LogP contribution in [0.5, 0.6) is 5.75 Å². The highest BCUT2D eigenvalue weighted by molar-refractivity contribution is 5.95. The SMILES string of the molecule is O=C1COc2ccc(cc2)C[C@@H](C(=O)O)NC(=O)[C@H](CCc2ccccc2)NC(=O)[C@@H](Cc2ccc(-c3cccnc3)cc2)NC(=O)[C@H](Cc2ccncc2)N1. The van der Waals surface area contributed by atoms with Gasteiger partial charge in [-0.15, -0.1) is 0 Å². The van der Waals surface area contributed by atoms with Crippen molar-refractivity contribution in [1.29, 1.82) is 0 Å². The Balaban J connectivity index is 1.33. The van der Waals surface area contributed by atoms with Crippen LogP contribution in [0.4, 0.5) is 0 Å². The predicted octanol–water partition coefficient (Wildman–Crippen LogP) is 3.22. The molecule has 3 aromatic carbocycles. The van der Waals surface area contributed by atoms with Crippen LogP contribution in [0.15, 0.2) is 128 Å². The lowest BCUT2D eigenvalue weighted by atomic mass is 9.99. The molecule has 2 aliphatic heterocycles. The number of amides is 4. The van der Waals surface area contributed by atoms with Crippen LogP contribution >= 0.6 is 0 Å². The first-order valence-corrected chi connectivity index (χ1v) is 18.3. The maximum Gasteiger partial charge on any atom is 0.326 e. The Hall–Kier alpha value is -6.89. The number of carboxylic acids is 1. The number of nitrogens with zero attached hydrogens (tertiary/aromatic N) is 2. The fourth-order valence-corrected chi connectivity index (χ4v) is 6.36. The molecule has 4 heterocycles. The van der Waals surface area contributed by atoms with Gasteiger partial charge in [-0.05, 0) is 76.6 Å². The number of ether oxygens (including phenoxy) is 1. The molecule has 0 spiro atoms. The quantitative estimate of drug-likeness (QED) is 0.141. The second kappa shape index (κ2) is 18.9. The first-order chi connectivity index (χ1) is 27.2. The van der Waals surface area contributed by atoms with Gasteiger partial charge in [-0.25, -0.2) is 4.79 Å². The number of aromatic nitrogens is 2. The van der Waals surface area contributed by atoms with Crippen molar-refractivity contribution >= 4 is 29.6 Å². The average Bonchev–Trinajstić information content (AvgIpc) is 3.22. The standard InChI is InChI=1S/C43H42N6O7/c50-39-27-56-34-15-10-30(11-16-34)25-38(43(54)55)49-40(51)35(17-12-28-5-2-1-3-6-28)47-42(53)37(48-41(52)36(46-39)24-31-18-21-44-22-19-31)23-29-8-13-32(14-9-29)33-7-4-20-45-26-33/h1-11,13-16,18-22,26,35-38H,12,17,23-25,27H2,(H,46,50)(H,47,53)(H,48,52)(H,49,51)(H,54,55)/t35-,36-,37+,38-/m0/s1. The van der Waals surface area contributed by atoms with Gasteiger partial charge in [0.2, 0.25) is 17.7 Å². The Kier molecular flexibility index (Phi) is 13.1. The molecule has 56 heavy (non-hydrogen) atoms. The molecule has 0 saturated heterocycles. The highest BCUT2D eigenvalue weighted by Gasteiger charge is 2.32. The summed E-state index contributed by atoms with van der Waals surface area (Å²) in [6.45, 7) is -0.413. The van der Waals surface area contributed by atoms with E-state index in [1.807, 2.05) is 66.7 Å². The van der Waals surface area contributed by atoms with Crippen molar-refractivity contribution < 1.29 is 33.8 Å². The van der Waals surface area contributed by atoms with E-state index < -0.39 is 60.4 Å². The molecule has 7 rings (SSSR count). The largest absolute Gasteiger partial charge is 0.484 e. The van der Waals surface area contributed by atoms with E-state index in [1.54, 1.807) is 61.2 Å². The zero-order valence-electron chi connectivity index (χ0n) is 30.5. The van der Waals surface area contributed by atoms with E-state index in [4.69, 9.17) is 4.74 Å². The molecule has 0 aliphatic carbocycles. The predicted molar refractivity (Wildman–Crippen MR) is 207 cm³/mol. The molecular weight excluding hydrogens is 713 g/mol. The zero-order chi connectivity index (χ0) is 39.3. The van der Waals surface area contributed by atoms with E-state index in [9.17, 15) is 29.1 Å². The molecule has 13 nitrogen and oxygen atoms in total. The summed E-state index contributed by atoms with van der Waals surface area (Å²) in [5.41, 5.74) is 4.74. The molecule has 2 aromatic heterocycles. The van der Waals surface area contributed by atoms with Crippen LogP contribution in [-0.2, 0) is 49.7 Å². The topological polar surface area (TPSA) is 189 Å². The van der Waals surface area contributed by atoms with Gasteiger partial charge in [0.05, 0.1) is 0 Å². The molecule has 5 aromatic rings. The molecule has 0 saturated carbocycles. The summed E-state index contributed by atoms with van der Waals surface area (Å²) in [5, 5.41) is 21.2. The van der Waals surface area contributed by atoms with Gasteiger partial charge in [0.25, 0.3) is 5.91 Å². The van der Waals surface area contributed by atoms with E-state index in [0.29, 0.717) is 28.9 Å². The number of carbonyl (C=O) groups excluding carboxylic acids is 4. The Bertz CT molecular complexity index is 2100. The van der Waals surface area contributed by atoms with Crippen LogP contribution in [0.25, 0.3) is 11.1 Å². The monoisotopic (exact) mass is 754 g/mol. The summed E-state index contributed by atoms with van der Waals surface area (Å²) in [5.74, 6) is -3.48. The molecule has 0 unspecified atom stereocenters. The molecule has 2 aliphatic rings. The number of rotatable bonds is 9. The third-order valence-electron chi connectivity index (χ3n) is 9.41. The van der Waals surface area contributed by atoms with Crippen molar-refractivity contribution in [3.05, 3.63) is 150 Å². The van der Waals surface area contributed by atoms with Crippen molar-refractivity contribution in [1.82, 2.24) is 31.2 Å². The second-order valence-electron chi connectivity index (χ2n) is 13.5. The summed E-state index contributed by atoms with van der Waals surface area (Å²) >= 11 is 0. The van der Waals surface area contributed by atoms with Crippen molar-refractivity contribution in [2.24, 2.45) is 0 Å². The number of carboxylic acid groups (broad SMARTS) is 1. The minimum atomic E-state index is -1.32. The van der Waals surface area contributed by atoms with E-state index in [2.05, 4.69) is 31.2 Å². The fourth-order valence-electron chi connectivity index (χ4n) is 6.36. The minimum Gasteiger partial charge on any atom is -0.484 e. The van der Waals surface area contributed by atoms with Gasteiger partial charge in [0.15, 0.2) is 6.61 Å². The van der Waals surface area contributed by atoms with Crippen molar-refractivity contribution in [2.75, 3.05) is 6.61 Å². The number of benzene rings is 3. The van der Waals surface area contributed by atoms with E-state index in [0.717, 1.165) is 16.7 Å². The highest BCUT2D eigenvalue weighted by Crippen LogP contribution is 2.20. The highest BCUT2D eigenvalue weighted by atomic mass is 16.5. The molecule has 5 N–H and O–H groups in total. The molecule has 0 fully saturated rings. The smallest absolute Gasteiger partial charge is 0.326 e. The minimum absolute atomic E-state index is 0.0304. The molecule has 13 heteroatoms.